The number of benzene rings is 3. The van der Waals surface area contributed by atoms with Gasteiger partial charge in [-0.2, -0.15) is 0 Å². The highest BCUT2D eigenvalue weighted by Gasteiger charge is 2.31. The molecule has 0 amide bonds. The summed E-state index contributed by atoms with van der Waals surface area (Å²) < 4.78 is 26.5. The molecule has 0 saturated carbocycles. The number of hydrogen-bond acceptors (Lipinski definition) is 8. The van der Waals surface area contributed by atoms with E-state index in [1.54, 1.807) is 30.3 Å². The summed E-state index contributed by atoms with van der Waals surface area (Å²) in [6.07, 6.45) is 3.22. The van der Waals surface area contributed by atoms with Gasteiger partial charge in [-0.15, -0.1) is 0 Å². The first-order valence-corrected chi connectivity index (χ1v) is 17.1. The van der Waals surface area contributed by atoms with Crippen LogP contribution >= 0.6 is 73.1 Å². The SMILES string of the molecule is CCOc1ccc([C@H]2C(C(=O)OC)=CN=c3s/c(=C/c4cc(Br)cc(I)c4OCc4ccc(Cl)c(Cl)c4)c(=O)n32)cc1OCC. The van der Waals surface area contributed by atoms with Gasteiger partial charge in [-0.3, -0.25) is 9.36 Å². The topological polar surface area (TPSA) is 88.4 Å². The molecule has 1 aliphatic heterocycles. The molecule has 0 spiro atoms. The van der Waals surface area contributed by atoms with Crippen molar-refractivity contribution in [3.05, 3.63) is 115 Å². The average Bonchev–Trinajstić information content (AvgIpc) is 3.33. The molecule has 0 fully saturated rings. The number of nitrogens with zero attached hydrogens (tertiary/aromatic N) is 2. The maximum absolute atomic E-state index is 14.1. The lowest BCUT2D eigenvalue weighted by Crippen LogP contribution is -2.39. The molecule has 13 heteroatoms. The van der Waals surface area contributed by atoms with E-state index in [9.17, 15) is 9.59 Å². The van der Waals surface area contributed by atoms with E-state index >= 15 is 0 Å². The number of rotatable bonds is 10. The van der Waals surface area contributed by atoms with Gasteiger partial charge in [-0.1, -0.05) is 62.6 Å². The Morgan fingerprint density at radius 1 is 1.04 bits per heavy atom. The highest BCUT2D eigenvalue weighted by molar-refractivity contribution is 14.1. The minimum absolute atomic E-state index is 0.214. The molecule has 8 nitrogen and oxygen atoms in total. The van der Waals surface area contributed by atoms with Gasteiger partial charge >= 0.3 is 5.97 Å². The number of carbonyl (C=O) groups excluding carboxylic acids is 1. The number of thiazole rings is 1. The quantitative estimate of drug-likeness (QED) is 0.126. The number of carbonyl (C=O) groups is 1. The van der Waals surface area contributed by atoms with Crippen LogP contribution in [-0.2, 0) is 16.1 Å². The van der Waals surface area contributed by atoms with E-state index in [0.717, 1.165) is 13.6 Å². The van der Waals surface area contributed by atoms with E-state index in [1.165, 1.54) is 29.2 Å². The molecule has 0 unspecified atom stereocenters. The lowest BCUT2D eigenvalue weighted by molar-refractivity contribution is -0.136. The molecule has 0 aliphatic carbocycles. The molecule has 3 aromatic carbocycles. The summed E-state index contributed by atoms with van der Waals surface area (Å²) >= 11 is 19.2. The Hall–Kier alpha value is -2.84. The van der Waals surface area contributed by atoms with Crippen molar-refractivity contribution in [3.63, 3.8) is 0 Å². The van der Waals surface area contributed by atoms with Crippen molar-refractivity contribution >= 4 is 85.1 Å². The zero-order valence-electron chi connectivity index (χ0n) is 24.2. The first kappa shape index (κ1) is 33.5. The Labute approximate surface area is 295 Å². The third kappa shape index (κ3) is 7.27. The first-order valence-electron chi connectivity index (χ1n) is 13.7. The predicted octanol–water partition coefficient (Wildman–Crippen LogP) is 7.07. The van der Waals surface area contributed by atoms with Crippen LogP contribution in [0.3, 0.4) is 0 Å². The number of aromatic nitrogens is 1. The molecule has 0 saturated heterocycles. The molecular formula is C32H26BrCl2IN2O6S. The standard InChI is InChI=1S/C32H26BrCl2IN2O6S/c1-4-42-25-9-7-18(12-26(25)43-5-2)28-21(31(40)41-3)15-37-32-38(28)30(39)27(45-32)13-19-11-20(33)14-24(36)29(19)44-16-17-6-8-22(34)23(35)10-17/h6-15,28H,4-5,16H2,1-3H3/b27-13+/t28-/m0/s1. The third-order valence-corrected chi connectivity index (χ3v) is 9.69. The van der Waals surface area contributed by atoms with Gasteiger partial charge in [0, 0.05) is 16.2 Å². The molecule has 2 heterocycles. The zero-order chi connectivity index (χ0) is 32.2. The number of methoxy groups -OCH3 is 1. The molecule has 5 rings (SSSR count). The van der Waals surface area contributed by atoms with Gasteiger partial charge in [0.15, 0.2) is 16.3 Å². The molecule has 0 bridgehead atoms. The zero-order valence-corrected chi connectivity index (χ0v) is 30.3. The van der Waals surface area contributed by atoms with E-state index in [2.05, 4.69) is 43.5 Å². The van der Waals surface area contributed by atoms with Crippen LogP contribution in [0.15, 0.2) is 74.6 Å². The Morgan fingerprint density at radius 2 is 1.80 bits per heavy atom. The maximum Gasteiger partial charge on any atom is 0.337 e. The summed E-state index contributed by atoms with van der Waals surface area (Å²) in [6, 6.07) is 13.7. The van der Waals surface area contributed by atoms with Gasteiger partial charge in [0.1, 0.15) is 12.4 Å². The van der Waals surface area contributed by atoms with Crippen molar-refractivity contribution in [2.75, 3.05) is 20.3 Å². The van der Waals surface area contributed by atoms with Crippen molar-refractivity contribution in [1.29, 1.82) is 0 Å². The molecule has 0 N–H and O–H groups in total. The lowest BCUT2D eigenvalue weighted by Gasteiger charge is -2.23. The van der Waals surface area contributed by atoms with Gasteiger partial charge in [0.2, 0.25) is 0 Å². The van der Waals surface area contributed by atoms with Crippen LogP contribution < -0.4 is 29.1 Å². The fourth-order valence-electron chi connectivity index (χ4n) is 4.75. The molecule has 1 aliphatic rings. The summed E-state index contributed by atoms with van der Waals surface area (Å²) in [5.74, 6) is 1.07. The predicted molar refractivity (Wildman–Crippen MR) is 188 cm³/mol. The monoisotopic (exact) mass is 842 g/mol. The second-order valence-electron chi connectivity index (χ2n) is 9.59. The largest absolute Gasteiger partial charge is 0.490 e. The van der Waals surface area contributed by atoms with E-state index in [1.807, 2.05) is 38.1 Å². The van der Waals surface area contributed by atoms with E-state index < -0.39 is 12.0 Å². The van der Waals surface area contributed by atoms with Crippen LogP contribution in [0.1, 0.15) is 36.6 Å². The van der Waals surface area contributed by atoms with Crippen LogP contribution in [-0.4, -0.2) is 30.9 Å². The average molecular weight is 844 g/mol. The van der Waals surface area contributed by atoms with E-state index in [-0.39, 0.29) is 17.7 Å². The minimum Gasteiger partial charge on any atom is -0.490 e. The summed E-state index contributed by atoms with van der Waals surface area (Å²) in [5, 5.41) is 0.897. The van der Waals surface area contributed by atoms with Crippen LogP contribution in [0.25, 0.3) is 6.08 Å². The number of halogens is 4. The van der Waals surface area contributed by atoms with Crippen molar-refractivity contribution in [2.24, 2.45) is 4.99 Å². The molecular weight excluding hydrogens is 818 g/mol. The van der Waals surface area contributed by atoms with Crippen molar-refractivity contribution < 1.29 is 23.7 Å². The fraction of sp³-hybridized carbons (Fsp3) is 0.219. The Balaban J connectivity index is 1.62. The number of ether oxygens (including phenoxy) is 4. The smallest absolute Gasteiger partial charge is 0.337 e. The van der Waals surface area contributed by atoms with Crippen LogP contribution in [0.5, 0.6) is 17.2 Å². The maximum atomic E-state index is 14.1. The second kappa shape index (κ2) is 14.7. The highest BCUT2D eigenvalue weighted by atomic mass is 127. The Morgan fingerprint density at radius 3 is 2.51 bits per heavy atom. The molecule has 1 atom stereocenters. The molecule has 4 aromatic rings. The van der Waals surface area contributed by atoms with Crippen LogP contribution in [0, 0.1) is 3.57 Å². The van der Waals surface area contributed by atoms with Crippen molar-refractivity contribution in [1.82, 2.24) is 4.57 Å². The lowest BCUT2D eigenvalue weighted by atomic mass is 9.97. The van der Waals surface area contributed by atoms with Gasteiger partial charge in [-0.25, -0.2) is 9.79 Å². The first-order chi connectivity index (χ1) is 21.6. The Bertz CT molecular complexity index is 1990. The van der Waals surface area contributed by atoms with Crippen molar-refractivity contribution in [2.45, 2.75) is 26.5 Å². The van der Waals surface area contributed by atoms with Crippen molar-refractivity contribution in [3.8, 4) is 17.2 Å². The van der Waals surface area contributed by atoms with E-state index in [4.69, 9.17) is 42.1 Å². The van der Waals surface area contributed by atoms with Gasteiger partial charge < -0.3 is 18.9 Å². The third-order valence-electron chi connectivity index (χ3n) is 6.70. The number of fused-ring (bicyclic) bond motifs is 1. The summed E-state index contributed by atoms with van der Waals surface area (Å²) in [5.41, 5.74) is 2.05. The molecule has 1 aromatic heterocycles. The fourth-order valence-corrected chi connectivity index (χ4v) is 7.74. The Kier molecular flexibility index (Phi) is 11.0. The number of esters is 1. The summed E-state index contributed by atoms with van der Waals surface area (Å²) in [7, 11) is 1.30. The minimum atomic E-state index is -0.807. The highest BCUT2D eigenvalue weighted by Crippen LogP contribution is 2.35. The van der Waals surface area contributed by atoms with E-state index in [0.29, 0.717) is 61.0 Å². The molecule has 234 valence electrons. The van der Waals surface area contributed by atoms with Crippen LogP contribution in [0.2, 0.25) is 10.0 Å². The molecule has 0 radical (unpaired) electrons. The second-order valence-corrected chi connectivity index (χ2v) is 13.5. The normalized spacial score (nSPS) is 14.3. The van der Waals surface area contributed by atoms with Gasteiger partial charge in [0.05, 0.1) is 50.1 Å². The summed E-state index contributed by atoms with van der Waals surface area (Å²) in [6.45, 7) is 4.86. The number of hydrogen-bond donors (Lipinski definition) is 0. The van der Waals surface area contributed by atoms with Crippen LogP contribution in [0.4, 0.5) is 0 Å². The van der Waals surface area contributed by atoms with Gasteiger partial charge in [-0.05, 0) is 90.0 Å². The van der Waals surface area contributed by atoms with Gasteiger partial charge in [0.25, 0.3) is 5.56 Å². The molecule has 45 heavy (non-hydrogen) atoms. The summed E-state index contributed by atoms with van der Waals surface area (Å²) in [4.78, 5) is 32.0.